The van der Waals surface area contributed by atoms with Crippen molar-refractivity contribution >= 4 is 5.91 Å². The highest BCUT2D eigenvalue weighted by atomic mass is 19.1. The Bertz CT molecular complexity index is 382. The van der Waals surface area contributed by atoms with Crippen LogP contribution in [0.2, 0.25) is 0 Å². The number of aliphatic hydroxyl groups excluding tert-OH is 1. The fourth-order valence-electron chi connectivity index (χ4n) is 1.65. The molecule has 1 amide bonds. The molecule has 18 heavy (non-hydrogen) atoms. The first kappa shape index (κ1) is 14.6. The Hall–Kier alpha value is -1.42. The van der Waals surface area contributed by atoms with Gasteiger partial charge in [0.1, 0.15) is 5.82 Å². The van der Waals surface area contributed by atoms with Crippen molar-refractivity contribution in [3.8, 4) is 0 Å². The first-order valence-corrected chi connectivity index (χ1v) is 6.24. The molecule has 0 aromatic heterocycles. The van der Waals surface area contributed by atoms with Gasteiger partial charge in [-0.05, 0) is 30.4 Å². The van der Waals surface area contributed by atoms with Crippen molar-refractivity contribution in [1.29, 1.82) is 0 Å². The number of nitrogens with one attached hydrogen (secondary N) is 1. The molecular formula is C14H20FNO2. The van der Waals surface area contributed by atoms with E-state index in [1.807, 2.05) is 6.92 Å². The highest BCUT2D eigenvalue weighted by molar-refractivity contribution is 5.76. The molecule has 1 atom stereocenters. The summed E-state index contributed by atoms with van der Waals surface area (Å²) in [6, 6.07) is 6.49. The van der Waals surface area contributed by atoms with E-state index in [-0.39, 0.29) is 30.7 Å². The van der Waals surface area contributed by atoms with E-state index in [4.69, 9.17) is 5.11 Å². The molecular weight excluding hydrogens is 233 g/mol. The fourth-order valence-corrected chi connectivity index (χ4v) is 1.65. The number of aliphatic hydroxyl groups is 1. The van der Waals surface area contributed by atoms with Crippen LogP contribution in [0.4, 0.5) is 4.39 Å². The molecule has 2 N–H and O–H groups in total. The lowest BCUT2D eigenvalue weighted by molar-refractivity contribution is -0.121. The number of hydrogen-bond donors (Lipinski definition) is 2. The number of carbonyl (C=O) groups excluding carboxylic acids is 1. The molecule has 0 bridgehead atoms. The molecule has 0 fully saturated rings. The second kappa shape index (κ2) is 7.82. The maximum atomic E-state index is 13.3. The van der Waals surface area contributed by atoms with Crippen LogP contribution >= 0.6 is 0 Å². The standard InChI is InChI=1S/C14H20FNO2/c1-11(8-9-17)10-16-14(18)7-6-12-4-2-3-5-13(12)15/h2-5,11,17H,6-10H2,1H3,(H,16,18). The van der Waals surface area contributed by atoms with Crippen molar-refractivity contribution in [3.63, 3.8) is 0 Å². The normalized spacial score (nSPS) is 12.2. The van der Waals surface area contributed by atoms with E-state index in [0.717, 1.165) is 0 Å². The Morgan fingerprint density at radius 3 is 2.83 bits per heavy atom. The predicted octanol–water partition coefficient (Wildman–Crippen LogP) is 1.89. The molecule has 0 radical (unpaired) electrons. The molecule has 0 aliphatic heterocycles. The summed E-state index contributed by atoms with van der Waals surface area (Å²) in [6.07, 6.45) is 1.37. The Kier molecular flexibility index (Phi) is 6.36. The largest absolute Gasteiger partial charge is 0.396 e. The van der Waals surface area contributed by atoms with Gasteiger partial charge in [-0.3, -0.25) is 4.79 Å². The Morgan fingerprint density at radius 2 is 2.17 bits per heavy atom. The summed E-state index contributed by atoms with van der Waals surface area (Å²) in [6.45, 7) is 2.65. The third-order valence-electron chi connectivity index (χ3n) is 2.85. The van der Waals surface area contributed by atoms with Crippen LogP contribution in [0.3, 0.4) is 0 Å². The van der Waals surface area contributed by atoms with Gasteiger partial charge in [0.2, 0.25) is 5.91 Å². The number of rotatable bonds is 7. The topological polar surface area (TPSA) is 49.3 Å². The third-order valence-corrected chi connectivity index (χ3v) is 2.85. The molecule has 3 nitrogen and oxygen atoms in total. The first-order valence-electron chi connectivity index (χ1n) is 6.24. The van der Waals surface area contributed by atoms with E-state index in [9.17, 15) is 9.18 Å². The summed E-state index contributed by atoms with van der Waals surface area (Å²) in [5.41, 5.74) is 0.566. The van der Waals surface area contributed by atoms with Gasteiger partial charge in [-0.1, -0.05) is 25.1 Å². The van der Waals surface area contributed by atoms with E-state index in [1.165, 1.54) is 6.07 Å². The zero-order chi connectivity index (χ0) is 13.4. The second-order valence-electron chi connectivity index (χ2n) is 4.51. The van der Waals surface area contributed by atoms with Crippen LogP contribution in [-0.2, 0) is 11.2 Å². The number of hydrogen-bond acceptors (Lipinski definition) is 2. The molecule has 1 unspecified atom stereocenters. The minimum absolute atomic E-state index is 0.0805. The van der Waals surface area contributed by atoms with Crippen molar-refractivity contribution < 1.29 is 14.3 Å². The lowest BCUT2D eigenvalue weighted by Crippen LogP contribution is -2.28. The van der Waals surface area contributed by atoms with Gasteiger partial charge in [0, 0.05) is 19.6 Å². The van der Waals surface area contributed by atoms with E-state index >= 15 is 0 Å². The summed E-state index contributed by atoms with van der Waals surface area (Å²) >= 11 is 0. The molecule has 100 valence electrons. The molecule has 0 aliphatic carbocycles. The van der Waals surface area contributed by atoms with Gasteiger partial charge in [-0.25, -0.2) is 4.39 Å². The van der Waals surface area contributed by atoms with Crippen LogP contribution in [0.25, 0.3) is 0 Å². The van der Waals surface area contributed by atoms with Crippen molar-refractivity contribution in [2.45, 2.75) is 26.2 Å². The van der Waals surface area contributed by atoms with Crippen molar-refractivity contribution in [1.82, 2.24) is 5.32 Å². The molecule has 1 rings (SSSR count). The lowest BCUT2D eigenvalue weighted by Gasteiger charge is -2.11. The highest BCUT2D eigenvalue weighted by Gasteiger charge is 2.07. The van der Waals surface area contributed by atoms with Gasteiger partial charge in [0.25, 0.3) is 0 Å². The van der Waals surface area contributed by atoms with E-state index < -0.39 is 0 Å². The molecule has 0 saturated heterocycles. The Balaban J connectivity index is 2.27. The minimum atomic E-state index is -0.265. The first-order chi connectivity index (χ1) is 8.63. The number of halogens is 1. The fraction of sp³-hybridized carbons (Fsp3) is 0.500. The van der Waals surface area contributed by atoms with Crippen LogP contribution < -0.4 is 5.32 Å². The lowest BCUT2D eigenvalue weighted by atomic mass is 10.1. The average Bonchev–Trinajstić information content (AvgIpc) is 2.36. The SMILES string of the molecule is CC(CCO)CNC(=O)CCc1ccccc1F. The van der Waals surface area contributed by atoms with Crippen LogP contribution in [0.15, 0.2) is 24.3 Å². The average molecular weight is 253 g/mol. The monoisotopic (exact) mass is 253 g/mol. The zero-order valence-corrected chi connectivity index (χ0v) is 10.7. The summed E-state index contributed by atoms with van der Waals surface area (Å²) in [5.74, 6) is -0.0885. The molecule has 1 aromatic carbocycles. The maximum absolute atomic E-state index is 13.3. The van der Waals surface area contributed by atoms with E-state index in [2.05, 4.69) is 5.32 Å². The molecule has 0 saturated carbocycles. The van der Waals surface area contributed by atoms with Crippen molar-refractivity contribution in [3.05, 3.63) is 35.6 Å². The van der Waals surface area contributed by atoms with E-state index in [0.29, 0.717) is 24.9 Å². The third kappa shape index (κ3) is 5.27. The second-order valence-corrected chi connectivity index (χ2v) is 4.51. The zero-order valence-electron chi connectivity index (χ0n) is 10.7. The van der Waals surface area contributed by atoms with Crippen LogP contribution in [0.1, 0.15) is 25.3 Å². The molecule has 0 heterocycles. The molecule has 0 spiro atoms. The van der Waals surface area contributed by atoms with Gasteiger partial charge in [-0.2, -0.15) is 0 Å². The molecule has 0 aliphatic rings. The predicted molar refractivity (Wildman–Crippen MR) is 68.6 cm³/mol. The Morgan fingerprint density at radius 1 is 1.44 bits per heavy atom. The summed E-state index contributed by atoms with van der Waals surface area (Å²) in [7, 11) is 0. The number of aryl methyl sites for hydroxylation is 1. The number of carbonyl (C=O) groups is 1. The van der Waals surface area contributed by atoms with Gasteiger partial charge in [0.05, 0.1) is 0 Å². The van der Waals surface area contributed by atoms with Crippen LogP contribution in [-0.4, -0.2) is 24.2 Å². The van der Waals surface area contributed by atoms with Gasteiger partial charge in [-0.15, -0.1) is 0 Å². The van der Waals surface area contributed by atoms with Crippen molar-refractivity contribution in [2.24, 2.45) is 5.92 Å². The smallest absolute Gasteiger partial charge is 0.220 e. The molecule has 1 aromatic rings. The van der Waals surface area contributed by atoms with Gasteiger partial charge in [0.15, 0.2) is 0 Å². The minimum Gasteiger partial charge on any atom is -0.396 e. The van der Waals surface area contributed by atoms with Gasteiger partial charge >= 0.3 is 0 Å². The van der Waals surface area contributed by atoms with Crippen LogP contribution in [0, 0.1) is 11.7 Å². The maximum Gasteiger partial charge on any atom is 0.220 e. The Labute approximate surface area is 107 Å². The van der Waals surface area contributed by atoms with Gasteiger partial charge < -0.3 is 10.4 Å². The molecule has 4 heteroatoms. The highest BCUT2D eigenvalue weighted by Crippen LogP contribution is 2.08. The summed E-state index contributed by atoms with van der Waals surface area (Å²) in [4.78, 5) is 11.5. The number of benzene rings is 1. The van der Waals surface area contributed by atoms with Crippen molar-refractivity contribution in [2.75, 3.05) is 13.2 Å². The quantitative estimate of drug-likeness (QED) is 0.779. The summed E-state index contributed by atoms with van der Waals surface area (Å²) < 4.78 is 13.3. The summed E-state index contributed by atoms with van der Waals surface area (Å²) in [5, 5.41) is 11.5. The number of amides is 1. The van der Waals surface area contributed by atoms with E-state index in [1.54, 1.807) is 18.2 Å². The van der Waals surface area contributed by atoms with Crippen LogP contribution in [0.5, 0.6) is 0 Å².